The number of para-hydroxylation sites is 2. The van der Waals surface area contributed by atoms with Gasteiger partial charge in [-0.3, -0.25) is 0 Å². The van der Waals surface area contributed by atoms with Gasteiger partial charge in [0.05, 0.1) is 12.8 Å². The van der Waals surface area contributed by atoms with E-state index in [2.05, 4.69) is 19.6 Å². The SMILES string of the molecule is COc1ccccc1NC(=O)N1CCN(c2nc(Cc3ccc(Cl)cc3)ns2)CC1. The summed E-state index contributed by atoms with van der Waals surface area (Å²) in [4.78, 5) is 21.3. The lowest BCUT2D eigenvalue weighted by Crippen LogP contribution is -2.50. The molecule has 0 bridgehead atoms. The Morgan fingerprint density at radius 1 is 1.13 bits per heavy atom. The summed E-state index contributed by atoms with van der Waals surface area (Å²) in [6, 6.07) is 15.0. The van der Waals surface area contributed by atoms with Crippen LogP contribution in [0.25, 0.3) is 0 Å². The van der Waals surface area contributed by atoms with Gasteiger partial charge in [-0.2, -0.15) is 4.37 Å². The number of anilines is 2. The second kappa shape index (κ2) is 9.32. The molecule has 0 saturated carbocycles. The quantitative estimate of drug-likeness (QED) is 0.641. The van der Waals surface area contributed by atoms with Gasteiger partial charge in [-0.05, 0) is 29.8 Å². The number of hydrogen-bond donors (Lipinski definition) is 1. The number of amides is 2. The molecule has 2 aromatic carbocycles. The fourth-order valence-electron chi connectivity index (χ4n) is 3.27. The summed E-state index contributed by atoms with van der Waals surface area (Å²) in [7, 11) is 1.59. The van der Waals surface area contributed by atoms with Gasteiger partial charge in [0.1, 0.15) is 11.6 Å². The molecule has 9 heteroatoms. The molecule has 1 aromatic heterocycles. The molecule has 0 unspecified atom stereocenters. The largest absolute Gasteiger partial charge is 0.495 e. The molecule has 1 N–H and O–H groups in total. The van der Waals surface area contributed by atoms with Crippen molar-refractivity contribution in [2.45, 2.75) is 6.42 Å². The standard InChI is InChI=1S/C21H22ClN5O2S/c1-29-18-5-3-2-4-17(18)23-20(28)26-10-12-27(13-11-26)21-24-19(25-30-21)14-15-6-8-16(22)9-7-15/h2-9H,10-14H2,1H3,(H,23,28). The van der Waals surface area contributed by atoms with E-state index in [9.17, 15) is 4.79 Å². The molecule has 2 amide bonds. The van der Waals surface area contributed by atoms with Gasteiger partial charge in [-0.1, -0.05) is 35.9 Å². The van der Waals surface area contributed by atoms with Crippen LogP contribution in [0.15, 0.2) is 48.5 Å². The Bertz CT molecular complexity index is 1000. The highest BCUT2D eigenvalue weighted by molar-refractivity contribution is 7.09. The van der Waals surface area contributed by atoms with Crippen molar-refractivity contribution in [1.29, 1.82) is 0 Å². The van der Waals surface area contributed by atoms with Gasteiger partial charge in [-0.25, -0.2) is 9.78 Å². The van der Waals surface area contributed by atoms with Gasteiger partial charge < -0.3 is 19.9 Å². The van der Waals surface area contributed by atoms with Crippen LogP contribution in [0.5, 0.6) is 5.75 Å². The van der Waals surface area contributed by atoms with Crippen LogP contribution in [0.2, 0.25) is 5.02 Å². The number of rotatable bonds is 5. The van der Waals surface area contributed by atoms with Crippen molar-refractivity contribution in [3.8, 4) is 5.75 Å². The van der Waals surface area contributed by atoms with E-state index in [4.69, 9.17) is 16.3 Å². The van der Waals surface area contributed by atoms with Crippen molar-refractivity contribution in [3.05, 3.63) is 64.9 Å². The van der Waals surface area contributed by atoms with Crippen LogP contribution in [0, 0.1) is 0 Å². The third-order valence-electron chi connectivity index (χ3n) is 4.92. The maximum atomic E-state index is 12.6. The first-order valence-corrected chi connectivity index (χ1v) is 10.8. The molecule has 7 nitrogen and oxygen atoms in total. The fourth-order valence-corrected chi connectivity index (χ4v) is 4.14. The van der Waals surface area contributed by atoms with E-state index in [1.54, 1.807) is 12.0 Å². The molecule has 156 valence electrons. The summed E-state index contributed by atoms with van der Waals surface area (Å²) >= 11 is 7.34. The minimum atomic E-state index is -0.125. The summed E-state index contributed by atoms with van der Waals surface area (Å²) in [5.74, 6) is 1.44. The van der Waals surface area contributed by atoms with Crippen LogP contribution in [-0.4, -0.2) is 53.6 Å². The highest BCUT2D eigenvalue weighted by atomic mass is 35.5. The van der Waals surface area contributed by atoms with Crippen molar-refractivity contribution in [2.24, 2.45) is 0 Å². The lowest BCUT2D eigenvalue weighted by molar-refractivity contribution is 0.208. The molecular formula is C21H22ClN5O2S. The molecule has 30 heavy (non-hydrogen) atoms. The number of aromatic nitrogens is 2. The molecule has 0 radical (unpaired) electrons. The van der Waals surface area contributed by atoms with Crippen LogP contribution >= 0.6 is 23.1 Å². The highest BCUT2D eigenvalue weighted by Gasteiger charge is 2.24. The molecule has 1 aliphatic rings. The van der Waals surface area contributed by atoms with Gasteiger partial charge in [-0.15, -0.1) is 0 Å². The Morgan fingerprint density at radius 2 is 1.87 bits per heavy atom. The van der Waals surface area contributed by atoms with Crippen molar-refractivity contribution in [3.63, 3.8) is 0 Å². The zero-order valence-corrected chi connectivity index (χ0v) is 18.1. The van der Waals surface area contributed by atoms with Crippen LogP contribution < -0.4 is 15.0 Å². The Hall–Kier alpha value is -2.84. The van der Waals surface area contributed by atoms with Crippen molar-refractivity contribution in [2.75, 3.05) is 43.5 Å². The number of urea groups is 1. The lowest BCUT2D eigenvalue weighted by Gasteiger charge is -2.34. The zero-order valence-electron chi connectivity index (χ0n) is 16.5. The Morgan fingerprint density at radius 3 is 2.60 bits per heavy atom. The average molecular weight is 444 g/mol. The Labute approximate surface area is 184 Å². The average Bonchev–Trinajstić information content (AvgIpc) is 3.24. The summed E-state index contributed by atoms with van der Waals surface area (Å²) in [5.41, 5.74) is 1.80. The van der Waals surface area contributed by atoms with E-state index < -0.39 is 0 Å². The zero-order chi connectivity index (χ0) is 20.9. The van der Waals surface area contributed by atoms with Gasteiger partial charge in [0.15, 0.2) is 0 Å². The molecule has 1 saturated heterocycles. The normalized spacial score (nSPS) is 13.9. The number of ether oxygens (including phenoxy) is 1. The topological polar surface area (TPSA) is 70.6 Å². The molecule has 0 spiro atoms. The molecular weight excluding hydrogens is 422 g/mol. The van der Waals surface area contributed by atoms with E-state index in [1.807, 2.05) is 48.5 Å². The number of nitrogens with zero attached hydrogens (tertiary/aromatic N) is 4. The monoisotopic (exact) mass is 443 g/mol. The van der Waals surface area contributed by atoms with E-state index in [-0.39, 0.29) is 6.03 Å². The van der Waals surface area contributed by atoms with Gasteiger partial charge in [0.2, 0.25) is 5.13 Å². The number of carbonyl (C=O) groups is 1. The first-order valence-electron chi connectivity index (χ1n) is 9.63. The van der Waals surface area contributed by atoms with E-state index >= 15 is 0 Å². The number of methoxy groups -OCH3 is 1. The Kier molecular flexibility index (Phi) is 6.35. The maximum absolute atomic E-state index is 12.6. The fraction of sp³-hybridized carbons (Fsp3) is 0.286. The number of carbonyl (C=O) groups excluding carboxylic acids is 1. The second-order valence-electron chi connectivity index (χ2n) is 6.90. The minimum absolute atomic E-state index is 0.125. The van der Waals surface area contributed by atoms with Crippen LogP contribution in [-0.2, 0) is 6.42 Å². The predicted molar refractivity (Wildman–Crippen MR) is 120 cm³/mol. The number of piperazine rings is 1. The van der Waals surface area contributed by atoms with E-state index in [1.165, 1.54) is 11.5 Å². The third-order valence-corrected chi connectivity index (χ3v) is 5.99. The first kappa shape index (κ1) is 20.4. The van der Waals surface area contributed by atoms with Crippen molar-refractivity contribution in [1.82, 2.24) is 14.3 Å². The molecule has 4 rings (SSSR count). The summed E-state index contributed by atoms with van der Waals surface area (Å²) in [6.07, 6.45) is 0.676. The molecule has 3 aromatic rings. The molecule has 1 fully saturated rings. The van der Waals surface area contributed by atoms with Gasteiger partial charge in [0.25, 0.3) is 0 Å². The lowest BCUT2D eigenvalue weighted by atomic mass is 10.1. The predicted octanol–water partition coefficient (Wildman–Crippen LogP) is 4.15. The number of benzene rings is 2. The third kappa shape index (κ3) is 4.83. The number of halogens is 1. The summed E-state index contributed by atoms with van der Waals surface area (Å²) in [5, 5.41) is 4.54. The van der Waals surface area contributed by atoms with Gasteiger partial charge in [0, 0.05) is 49.2 Å². The van der Waals surface area contributed by atoms with Crippen LogP contribution in [0.4, 0.5) is 15.6 Å². The molecule has 0 atom stereocenters. The molecule has 2 heterocycles. The van der Waals surface area contributed by atoms with Crippen LogP contribution in [0.3, 0.4) is 0 Å². The van der Waals surface area contributed by atoms with Gasteiger partial charge >= 0.3 is 6.03 Å². The molecule has 1 aliphatic heterocycles. The van der Waals surface area contributed by atoms with Crippen molar-refractivity contribution < 1.29 is 9.53 Å². The maximum Gasteiger partial charge on any atom is 0.322 e. The Balaban J connectivity index is 1.31. The van der Waals surface area contributed by atoms with Crippen molar-refractivity contribution >= 4 is 40.0 Å². The first-order chi connectivity index (χ1) is 14.6. The number of nitrogens with one attached hydrogen (secondary N) is 1. The molecule has 0 aliphatic carbocycles. The summed E-state index contributed by atoms with van der Waals surface area (Å²) < 4.78 is 9.78. The highest BCUT2D eigenvalue weighted by Crippen LogP contribution is 2.24. The summed E-state index contributed by atoms with van der Waals surface area (Å²) in [6.45, 7) is 2.67. The van der Waals surface area contributed by atoms with Crippen LogP contribution in [0.1, 0.15) is 11.4 Å². The minimum Gasteiger partial charge on any atom is -0.495 e. The smallest absolute Gasteiger partial charge is 0.322 e. The second-order valence-corrected chi connectivity index (χ2v) is 8.07. The van der Waals surface area contributed by atoms with E-state index in [0.29, 0.717) is 30.9 Å². The number of hydrogen-bond acceptors (Lipinski definition) is 6. The van der Waals surface area contributed by atoms with E-state index in [0.717, 1.165) is 34.6 Å².